The largest absolute Gasteiger partial charge is 0.480 e. The van der Waals surface area contributed by atoms with Crippen LogP contribution in [0.4, 0.5) is 0 Å². The Balaban J connectivity index is 1.65. The number of aliphatic carboxylic acids is 1. The third-order valence-corrected chi connectivity index (χ3v) is 3.52. The first-order valence-corrected chi connectivity index (χ1v) is 6.71. The van der Waals surface area contributed by atoms with Gasteiger partial charge < -0.3 is 15.4 Å². The molecule has 3 N–H and O–H groups in total. The van der Waals surface area contributed by atoms with E-state index >= 15 is 0 Å². The van der Waals surface area contributed by atoms with Gasteiger partial charge in [0.15, 0.2) is 5.82 Å². The Bertz CT molecular complexity index is 392. The second-order valence-corrected chi connectivity index (χ2v) is 5.21. The highest BCUT2D eigenvalue weighted by Crippen LogP contribution is 2.38. The van der Waals surface area contributed by atoms with Crippen LogP contribution >= 0.6 is 11.8 Å². The Morgan fingerprint density at radius 1 is 1.65 bits per heavy atom. The number of hydrogen-bond donors (Lipinski definition) is 2. The van der Waals surface area contributed by atoms with Gasteiger partial charge in [-0.25, -0.2) is 0 Å². The maximum atomic E-state index is 10.5. The summed E-state index contributed by atoms with van der Waals surface area (Å²) in [6, 6.07) is -0.783. The Morgan fingerprint density at radius 3 is 3.06 bits per heavy atom. The van der Waals surface area contributed by atoms with E-state index in [0.29, 0.717) is 29.7 Å². The fraction of sp³-hybridized carbons (Fsp3) is 0.700. The van der Waals surface area contributed by atoms with E-state index in [1.807, 2.05) is 0 Å². The summed E-state index contributed by atoms with van der Waals surface area (Å²) in [6.45, 7) is 0. The smallest absolute Gasteiger partial charge is 0.320 e. The lowest BCUT2D eigenvalue weighted by Gasteiger charge is -2.04. The van der Waals surface area contributed by atoms with Crippen LogP contribution in [0.15, 0.2) is 4.52 Å². The van der Waals surface area contributed by atoms with Crippen molar-refractivity contribution in [2.75, 3.05) is 5.75 Å². The topological polar surface area (TPSA) is 102 Å². The number of hydrogen-bond acceptors (Lipinski definition) is 6. The number of carboxylic acids is 1. The quantitative estimate of drug-likeness (QED) is 0.702. The van der Waals surface area contributed by atoms with Gasteiger partial charge in [-0.1, -0.05) is 5.16 Å². The number of carboxylic acid groups (broad SMARTS) is 1. The molecule has 94 valence electrons. The zero-order valence-electron chi connectivity index (χ0n) is 9.33. The van der Waals surface area contributed by atoms with Gasteiger partial charge in [0, 0.05) is 5.92 Å². The van der Waals surface area contributed by atoms with Gasteiger partial charge in [-0.3, -0.25) is 4.79 Å². The van der Waals surface area contributed by atoms with E-state index in [4.69, 9.17) is 15.4 Å². The molecule has 7 heteroatoms. The second-order valence-electron chi connectivity index (χ2n) is 4.11. The van der Waals surface area contributed by atoms with Gasteiger partial charge >= 0.3 is 5.97 Å². The molecule has 0 aromatic carbocycles. The first kappa shape index (κ1) is 12.4. The van der Waals surface area contributed by atoms with Crippen molar-refractivity contribution in [3.8, 4) is 0 Å². The molecule has 0 spiro atoms. The molecule has 1 heterocycles. The first-order valence-electron chi connectivity index (χ1n) is 5.55. The van der Waals surface area contributed by atoms with Crippen LogP contribution in [0.3, 0.4) is 0 Å². The summed E-state index contributed by atoms with van der Waals surface area (Å²) in [5.41, 5.74) is 5.39. The van der Waals surface area contributed by atoms with Gasteiger partial charge in [0.05, 0.1) is 5.75 Å². The Labute approximate surface area is 103 Å². The van der Waals surface area contributed by atoms with E-state index in [1.165, 1.54) is 0 Å². The molecule has 0 saturated heterocycles. The van der Waals surface area contributed by atoms with Crippen molar-refractivity contribution in [1.29, 1.82) is 0 Å². The van der Waals surface area contributed by atoms with Crippen molar-refractivity contribution in [2.24, 2.45) is 5.73 Å². The molecule has 1 fully saturated rings. The average molecular weight is 257 g/mol. The molecule has 1 atom stereocenters. The molecule has 1 unspecified atom stereocenters. The van der Waals surface area contributed by atoms with Crippen molar-refractivity contribution in [3.05, 3.63) is 11.7 Å². The van der Waals surface area contributed by atoms with Crippen LogP contribution < -0.4 is 5.73 Å². The lowest BCUT2D eigenvalue weighted by molar-refractivity contribution is -0.138. The molecule has 17 heavy (non-hydrogen) atoms. The van der Waals surface area contributed by atoms with Crippen molar-refractivity contribution in [1.82, 2.24) is 10.1 Å². The number of aromatic nitrogens is 2. The predicted molar refractivity (Wildman–Crippen MR) is 62.7 cm³/mol. The molecular weight excluding hydrogens is 242 g/mol. The second kappa shape index (κ2) is 5.50. The molecule has 6 nitrogen and oxygen atoms in total. The van der Waals surface area contributed by atoms with Gasteiger partial charge in [0.25, 0.3) is 0 Å². The predicted octanol–water partition coefficient (Wildman–Crippen LogP) is 0.982. The van der Waals surface area contributed by atoms with E-state index in [2.05, 4.69) is 10.1 Å². The van der Waals surface area contributed by atoms with Crippen molar-refractivity contribution < 1.29 is 14.4 Å². The summed E-state index contributed by atoms with van der Waals surface area (Å²) in [5, 5.41) is 12.5. The maximum Gasteiger partial charge on any atom is 0.320 e. The van der Waals surface area contributed by atoms with E-state index in [9.17, 15) is 4.79 Å². The molecule has 1 saturated carbocycles. The third kappa shape index (κ3) is 3.71. The van der Waals surface area contributed by atoms with Crippen LogP contribution in [0.2, 0.25) is 0 Å². The molecule has 1 aliphatic carbocycles. The van der Waals surface area contributed by atoms with E-state index in [-0.39, 0.29) is 0 Å². The van der Waals surface area contributed by atoms with E-state index in [1.54, 1.807) is 11.8 Å². The molecule has 0 amide bonds. The van der Waals surface area contributed by atoms with Crippen LogP contribution in [0.1, 0.15) is 36.9 Å². The summed E-state index contributed by atoms with van der Waals surface area (Å²) < 4.78 is 5.11. The number of rotatable bonds is 7. The fourth-order valence-electron chi connectivity index (χ4n) is 1.32. The molecule has 0 aliphatic heterocycles. The normalized spacial score (nSPS) is 17.0. The van der Waals surface area contributed by atoms with Gasteiger partial charge in [-0.2, -0.15) is 16.7 Å². The van der Waals surface area contributed by atoms with Crippen molar-refractivity contribution >= 4 is 17.7 Å². The third-order valence-electron chi connectivity index (χ3n) is 2.53. The molecule has 0 radical (unpaired) electrons. The van der Waals surface area contributed by atoms with E-state index in [0.717, 1.165) is 18.7 Å². The number of nitrogens with two attached hydrogens (primary N) is 1. The highest BCUT2D eigenvalue weighted by atomic mass is 32.2. The summed E-state index contributed by atoms with van der Waals surface area (Å²) in [7, 11) is 0. The Morgan fingerprint density at radius 2 is 2.41 bits per heavy atom. The van der Waals surface area contributed by atoms with Crippen molar-refractivity contribution in [2.45, 2.75) is 37.0 Å². The fourth-order valence-corrected chi connectivity index (χ4v) is 2.18. The minimum absolute atomic E-state index is 0.452. The summed E-state index contributed by atoms with van der Waals surface area (Å²) in [5.74, 6) is 2.26. The number of nitrogens with zero attached hydrogens (tertiary/aromatic N) is 2. The zero-order valence-corrected chi connectivity index (χ0v) is 10.2. The van der Waals surface area contributed by atoms with Gasteiger partial charge in [-0.05, 0) is 25.0 Å². The summed E-state index contributed by atoms with van der Waals surface area (Å²) in [4.78, 5) is 14.8. The van der Waals surface area contributed by atoms with Crippen LogP contribution in [-0.2, 0) is 10.5 Å². The van der Waals surface area contributed by atoms with Gasteiger partial charge in [0.2, 0.25) is 5.89 Å². The zero-order chi connectivity index (χ0) is 12.3. The molecule has 0 bridgehead atoms. The van der Waals surface area contributed by atoms with Gasteiger partial charge in [0.1, 0.15) is 6.04 Å². The Hall–Kier alpha value is -1.08. The molecule has 1 aromatic rings. The standard InChI is InChI=1S/C10H15N3O3S/c11-7(10(14)15)3-4-17-5-8-12-9(16-13-8)6-1-2-6/h6-7H,1-5,11H2,(H,14,15). The number of thioether (sulfide) groups is 1. The van der Waals surface area contributed by atoms with Crippen LogP contribution in [0, 0.1) is 0 Å². The van der Waals surface area contributed by atoms with E-state index < -0.39 is 12.0 Å². The lowest BCUT2D eigenvalue weighted by atomic mass is 10.2. The summed E-state index contributed by atoms with van der Waals surface area (Å²) in [6.07, 6.45) is 2.73. The van der Waals surface area contributed by atoms with Crippen LogP contribution in [-0.4, -0.2) is 33.0 Å². The lowest BCUT2D eigenvalue weighted by Crippen LogP contribution is -2.30. The van der Waals surface area contributed by atoms with Gasteiger partial charge in [-0.15, -0.1) is 0 Å². The maximum absolute atomic E-state index is 10.5. The minimum atomic E-state index is -0.957. The molecular formula is C10H15N3O3S. The Kier molecular flexibility index (Phi) is 4.01. The minimum Gasteiger partial charge on any atom is -0.480 e. The SMILES string of the molecule is NC(CCSCc1noc(C2CC2)n1)C(=O)O. The van der Waals surface area contributed by atoms with Crippen LogP contribution in [0.5, 0.6) is 0 Å². The van der Waals surface area contributed by atoms with Crippen molar-refractivity contribution in [3.63, 3.8) is 0 Å². The highest BCUT2D eigenvalue weighted by molar-refractivity contribution is 7.98. The summed E-state index contributed by atoms with van der Waals surface area (Å²) >= 11 is 1.57. The van der Waals surface area contributed by atoms with Crippen LogP contribution in [0.25, 0.3) is 0 Å². The first-order chi connectivity index (χ1) is 8.16. The monoisotopic (exact) mass is 257 g/mol. The number of carbonyl (C=O) groups is 1. The molecule has 1 aromatic heterocycles. The highest BCUT2D eigenvalue weighted by Gasteiger charge is 2.29. The molecule has 1 aliphatic rings. The average Bonchev–Trinajstić information content (AvgIpc) is 3.04. The molecule has 2 rings (SSSR count).